The average Bonchev–Trinajstić information content (AvgIpc) is 2.72. The molecule has 10 heavy (non-hydrogen) atoms. The summed E-state index contributed by atoms with van der Waals surface area (Å²) in [5.41, 5.74) is 1.31. The number of nitrogens with zero attached hydrogens (tertiary/aromatic N) is 1. The molecule has 0 saturated heterocycles. The molecule has 0 spiro atoms. The zero-order valence-corrected chi connectivity index (χ0v) is 6.51. The summed E-state index contributed by atoms with van der Waals surface area (Å²) in [5.74, 6) is 0. The highest BCUT2D eigenvalue weighted by molar-refractivity contribution is 7.81. The fourth-order valence-corrected chi connectivity index (χ4v) is 1.33. The normalized spacial score (nSPS) is 20.5. The van der Waals surface area contributed by atoms with Gasteiger partial charge in [-0.2, -0.15) is 12.6 Å². The van der Waals surface area contributed by atoms with Gasteiger partial charge in [0.2, 0.25) is 0 Å². The Morgan fingerprint density at radius 1 is 1.30 bits per heavy atom. The Hall–Kier alpha value is -0.500. The van der Waals surface area contributed by atoms with Gasteiger partial charge in [0, 0.05) is 17.1 Å². The zero-order chi connectivity index (χ0) is 7.03. The van der Waals surface area contributed by atoms with Crippen LogP contribution in [-0.2, 0) is 4.75 Å². The number of hydrogen-bond acceptors (Lipinski definition) is 2. The Kier molecular flexibility index (Phi) is 1.24. The molecular weight excluding hydrogens is 142 g/mol. The molecule has 0 N–H and O–H groups in total. The van der Waals surface area contributed by atoms with Crippen LogP contribution in [0, 0.1) is 0 Å². The van der Waals surface area contributed by atoms with E-state index in [1.54, 1.807) is 0 Å². The molecule has 1 aliphatic carbocycles. The summed E-state index contributed by atoms with van der Waals surface area (Å²) >= 11 is 4.53. The van der Waals surface area contributed by atoms with E-state index >= 15 is 0 Å². The van der Waals surface area contributed by atoms with Crippen LogP contribution in [0.2, 0.25) is 0 Å². The highest BCUT2D eigenvalue weighted by Gasteiger charge is 2.40. The van der Waals surface area contributed by atoms with E-state index in [1.807, 2.05) is 24.5 Å². The van der Waals surface area contributed by atoms with E-state index in [1.165, 1.54) is 18.4 Å². The van der Waals surface area contributed by atoms with Crippen LogP contribution in [0.1, 0.15) is 18.4 Å². The monoisotopic (exact) mass is 151 g/mol. The third-order valence-corrected chi connectivity index (χ3v) is 2.65. The molecule has 0 atom stereocenters. The first-order chi connectivity index (χ1) is 4.81. The van der Waals surface area contributed by atoms with E-state index in [4.69, 9.17) is 0 Å². The molecule has 1 fully saturated rings. The first-order valence-electron chi connectivity index (χ1n) is 3.44. The van der Waals surface area contributed by atoms with E-state index in [-0.39, 0.29) is 4.75 Å². The van der Waals surface area contributed by atoms with Crippen molar-refractivity contribution in [3.63, 3.8) is 0 Å². The number of aromatic nitrogens is 1. The van der Waals surface area contributed by atoms with Gasteiger partial charge in [0.05, 0.1) is 0 Å². The predicted molar refractivity (Wildman–Crippen MR) is 44.1 cm³/mol. The molecule has 0 aromatic carbocycles. The first-order valence-corrected chi connectivity index (χ1v) is 3.89. The molecule has 0 bridgehead atoms. The maximum atomic E-state index is 4.53. The van der Waals surface area contributed by atoms with Crippen molar-refractivity contribution in [3.8, 4) is 0 Å². The molecule has 2 rings (SSSR count). The van der Waals surface area contributed by atoms with E-state index in [9.17, 15) is 0 Å². The second kappa shape index (κ2) is 1.99. The highest BCUT2D eigenvalue weighted by atomic mass is 32.1. The number of thiol groups is 1. The van der Waals surface area contributed by atoms with Crippen molar-refractivity contribution in [2.24, 2.45) is 0 Å². The molecule has 0 aliphatic heterocycles. The molecule has 1 aromatic heterocycles. The smallest absolute Gasteiger partial charge is 0.0380 e. The third kappa shape index (κ3) is 0.926. The quantitative estimate of drug-likeness (QED) is 0.606. The number of pyridine rings is 1. The fourth-order valence-electron chi connectivity index (χ4n) is 1.07. The minimum absolute atomic E-state index is 0.197. The van der Waals surface area contributed by atoms with Gasteiger partial charge in [0.1, 0.15) is 0 Å². The lowest BCUT2D eigenvalue weighted by molar-refractivity contribution is 1.03. The van der Waals surface area contributed by atoms with Crippen molar-refractivity contribution >= 4 is 12.6 Å². The van der Waals surface area contributed by atoms with Crippen molar-refractivity contribution in [2.75, 3.05) is 0 Å². The van der Waals surface area contributed by atoms with E-state index in [2.05, 4.69) is 17.6 Å². The lowest BCUT2D eigenvalue weighted by atomic mass is 10.2. The first kappa shape index (κ1) is 6.23. The molecule has 0 unspecified atom stereocenters. The van der Waals surface area contributed by atoms with Crippen LogP contribution in [0.4, 0.5) is 0 Å². The molecule has 1 nitrogen and oxygen atoms in total. The Balaban J connectivity index is 2.35. The third-order valence-electron chi connectivity index (χ3n) is 1.94. The fraction of sp³-hybridized carbons (Fsp3) is 0.375. The molecular formula is C8H9NS. The van der Waals surface area contributed by atoms with Gasteiger partial charge in [0.15, 0.2) is 0 Å². The van der Waals surface area contributed by atoms with Crippen LogP contribution < -0.4 is 0 Å². The minimum atomic E-state index is 0.197. The van der Waals surface area contributed by atoms with E-state index < -0.39 is 0 Å². The maximum Gasteiger partial charge on any atom is 0.0380 e. The van der Waals surface area contributed by atoms with E-state index in [0.717, 1.165) is 0 Å². The summed E-state index contributed by atoms with van der Waals surface area (Å²) in [6.45, 7) is 0. The van der Waals surface area contributed by atoms with Crippen molar-refractivity contribution in [3.05, 3.63) is 30.1 Å². The van der Waals surface area contributed by atoms with Gasteiger partial charge in [-0.15, -0.1) is 0 Å². The highest BCUT2D eigenvalue weighted by Crippen LogP contribution is 2.51. The molecule has 1 heterocycles. The molecule has 1 aliphatic rings. The lowest BCUT2D eigenvalue weighted by Crippen LogP contribution is -1.94. The second-order valence-electron chi connectivity index (χ2n) is 2.77. The van der Waals surface area contributed by atoms with Gasteiger partial charge in [-0.3, -0.25) is 4.98 Å². The van der Waals surface area contributed by atoms with Crippen LogP contribution in [0.3, 0.4) is 0 Å². The standard InChI is InChI=1S/C8H9NS/c10-8(3-4-8)7-1-5-9-6-2-7/h1-2,5-6,10H,3-4H2. The van der Waals surface area contributed by atoms with Crippen molar-refractivity contribution in [1.29, 1.82) is 0 Å². The van der Waals surface area contributed by atoms with Crippen LogP contribution in [0.25, 0.3) is 0 Å². The lowest BCUT2D eigenvalue weighted by Gasteiger charge is -2.04. The van der Waals surface area contributed by atoms with Gasteiger partial charge in [-0.25, -0.2) is 0 Å². The zero-order valence-electron chi connectivity index (χ0n) is 5.62. The largest absolute Gasteiger partial charge is 0.265 e. The van der Waals surface area contributed by atoms with Gasteiger partial charge >= 0.3 is 0 Å². The SMILES string of the molecule is SC1(c2ccncc2)CC1. The van der Waals surface area contributed by atoms with Crippen LogP contribution in [0.15, 0.2) is 24.5 Å². The average molecular weight is 151 g/mol. The van der Waals surface area contributed by atoms with Gasteiger partial charge in [-0.1, -0.05) is 0 Å². The second-order valence-corrected chi connectivity index (χ2v) is 3.62. The van der Waals surface area contributed by atoms with Crippen molar-refractivity contribution < 1.29 is 0 Å². The van der Waals surface area contributed by atoms with Crippen molar-refractivity contribution in [1.82, 2.24) is 4.98 Å². The molecule has 0 amide bonds. The summed E-state index contributed by atoms with van der Waals surface area (Å²) in [6.07, 6.45) is 6.07. The Labute approximate surface area is 65.9 Å². The Morgan fingerprint density at radius 3 is 2.40 bits per heavy atom. The van der Waals surface area contributed by atoms with E-state index in [0.29, 0.717) is 0 Å². The summed E-state index contributed by atoms with van der Waals surface area (Å²) in [4.78, 5) is 3.95. The summed E-state index contributed by atoms with van der Waals surface area (Å²) < 4.78 is 0.197. The molecule has 52 valence electrons. The van der Waals surface area contributed by atoms with Crippen LogP contribution >= 0.6 is 12.6 Å². The number of hydrogen-bond donors (Lipinski definition) is 1. The van der Waals surface area contributed by atoms with Crippen LogP contribution in [0.5, 0.6) is 0 Å². The number of rotatable bonds is 1. The summed E-state index contributed by atoms with van der Waals surface area (Å²) in [7, 11) is 0. The Morgan fingerprint density at radius 2 is 1.90 bits per heavy atom. The molecule has 0 radical (unpaired) electrons. The molecule has 2 heteroatoms. The van der Waals surface area contributed by atoms with Gasteiger partial charge < -0.3 is 0 Å². The predicted octanol–water partition coefficient (Wildman–Crippen LogP) is 2.00. The minimum Gasteiger partial charge on any atom is -0.265 e. The summed E-state index contributed by atoms with van der Waals surface area (Å²) in [5, 5.41) is 0. The van der Waals surface area contributed by atoms with Gasteiger partial charge in [-0.05, 0) is 30.5 Å². The maximum absolute atomic E-state index is 4.53. The molecule has 1 aromatic rings. The summed E-state index contributed by atoms with van der Waals surface area (Å²) in [6, 6.07) is 4.08. The Bertz CT molecular complexity index is 228. The topological polar surface area (TPSA) is 12.9 Å². The van der Waals surface area contributed by atoms with Gasteiger partial charge in [0.25, 0.3) is 0 Å². The van der Waals surface area contributed by atoms with Crippen molar-refractivity contribution in [2.45, 2.75) is 17.6 Å². The van der Waals surface area contributed by atoms with Crippen LogP contribution in [-0.4, -0.2) is 4.98 Å². The molecule has 1 saturated carbocycles.